The molecule has 33 heavy (non-hydrogen) atoms. The maximum Gasteiger partial charge on any atom is 0.321 e. The topological polar surface area (TPSA) is 88.5 Å². The molecule has 172 valence electrons. The standard InChI is InChI=1S/C25H29N5O3/c1-17-4-7-20(16-18(17)2)27-25(32)29-14-11-21(12-15-29)30-23(10-13-26-30)28-24(31)19-5-8-22(33-3)9-6-19/h4-10,13,16,21H,11-12,14-15H2,1-3H3,(H,27,32)(H,28,31). The number of likely N-dealkylation sites (tertiary alicyclic amines) is 1. The molecule has 1 aliphatic heterocycles. The smallest absolute Gasteiger partial charge is 0.321 e. The van der Waals surface area contributed by atoms with Gasteiger partial charge in [0.1, 0.15) is 11.6 Å². The van der Waals surface area contributed by atoms with E-state index in [1.54, 1.807) is 43.6 Å². The molecule has 1 fully saturated rings. The number of nitrogens with one attached hydrogen (secondary N) is 2. The summed E-state index contributed by atoms with van der Waals surface area (Å²) >= 11 is 0. The van der Waals surface area contributed by atoms with Gasteiger partial charge in [-0.05, 0) is 74.2 Å². The van der Waals surface area contributed by atoms with Crippen molar-refractivity contribution in [1.82, 2.24) is 14.7 Å². The van der Waals surface area contributed by atoms with Crippen molar-refractivity contribution in [3.63, 3.8) is 0 Å². The van der Waals surface area contributed by atoms with E-state index >= 15 is 0 Å². The number of anilines is 2. The van der Waals surface area contributed by atoms with Gasteiger partial charge in [0.15, 0.2) is 0 Å². The number of nitrogens with zero attached hydrogens (tertiary/aromatic N) is 3. The van der Waals surface area contributed by atoms with Gasteiger partial charge in [0.2, 0.25) is 0 Å². The Kier molecular flexibility index (Phi) is 6.63. The second kappa shape index (κ2) is 9.77. The Morgan fingerprint density at radius 2 is 1.70 bits per heavy atom. The number of hydrogen-bond donors (Lipinski definition) is 2. The summed E-state index contributed by atoms with van der Waals surface area (Å²) in [6, 6.07) is 14.7. The van der Waals surface area contributed by atoms with Crippen LogP contribution in [-0.4, -0.2) is 46.8 Å². The summed E-state index contributed by atoms with van der Waals surface area (Å²) in [6.07, 6.45) is 3.20. The van der Waals surface area contributed by atoms with Gasteiger partial charge in [-0.3, -0.25) is 4.79 Å². The first kappa shape index (κ1) is 22.4. The van der Waals surface area contributed by atoms with Gasteiger partial charge in [-0.15, -0.1) is 0 Å². The number of amides is 3. The van der Waals surface area contributed by atoms with E-state index < -0.39 is 0 Å². The zero-order chi connectivity index (χ0) is 23.4. The Morgan fingerprint density at radius 1 is 0.970 bits per heavy atom. The molecule has 1 aromatic heterocycles. The average molecular weight is 448 g/mol. The average Bonchev–Trinajstić information content (AvgIpc) is 3.29. The number of hydrogen-bond acceptors (Lipinski definition) is 4. The Bertz CT molecular complexity index is 1130. The Labute approximate surface area is 193 Å². The molecule has 8 heteroatoms. The van der Waals surface area contributed by atoms with Crippen molar-refractivity contribution in [3.05, 3.63) is 71.4 Å². The first-order valence-electron chi connectivity index (χ1n) is 11.1. The first-order valence-corrected chi connectivity index (χ1v) is 11.1. The monoisotopic (exact) mass is 447 g/mol. The number of carbonyl (C=O) groups is 2. The van der Waals surface area contributed by atoms with Crippen LogP contribution in [0.5, 0.6) is 5.75 Å². The summed E-state index contributed by atoms with van der Waals surface area (Å²) in [6.45, 7) is 5.32. The predicted molar refractivity (Wildman–Crippen MR) is 128 cm³/mol. The fraction of sp³-hybridized carbons (Fsp3) is 0.320. The minimum atomic E-state index is -0.204. The predicted octanol–water partition coefficient (Wildman–Crippen LogP) is 4.63. The molecule has 3 amide bonds. The molecule has 4 rings (SSSR count). The Hall–Kier alpha value is -3.81. The molecule has 0 spiro atoms. The van der Waals surface area contributed by atoms with Crippen LogP contribution in [0.15, 0.2) is 54.7 Å². The maximum absolute atomic E-state index is 12.7. The highest BCUT2D eigenvalue weighted by Crippen LogP contribution is 2.26. The lowest BCUT2D eigenvalue weighted by atomic mass is 10.1. The lowest BCUT2D eigenvalue weighted by molar-refractivity contribution is 0.102. The van der Waals surface area contributed by atoms with Gasteiger partial charge >= 0.3 is 6.03 Å². The third-order valence-electron chi connectivity index (χ3n) is 6.12. The van der Waals surface area contributed by atoms with Crippen molar-refractivity contribution in [1.29, 1.82) is 0 Å². The normalized spacial score (nSPS) is 14.1. The molecule has 0 atom stereocenters. The Morgan fingerprint density at radius 3 is 2.36 bits per heavy atom. The molecular weight excluding hydrogens is 418 g/mol. The van der Waals surface area contributed by atoms with E-state index in [0.29, 0.717) is 30.2 Å². The number of carbonyl (C=O) groups excluding carboxylic acids is 2. The number of rotatable bonds is 5. The summed E-state index contributed by atoms with van der Waals surface area (Å²) in [5.41, 5.74) is 3.69. The van der Waals surface area contributed by atoms with Gasteiger partial charge in [0, 0.05) is 30.4 Å². The second-order valence-corrected chi connectivity index (χ2v) is 8.29. The van der Waals surface area contributed by atoms with Gasteiger partial charge in [-0.25, -0.2) is 9.48 Å². The van der Waals surface area contributed by atoms with E-state index in [0.717, 1.165) is 24.1 Å². The van der Waals surface area contributed by atoms with Crippen LogP contribution in [0.3, 0.4) is 0 Å². The van der Waals surface area contributed by atoms with Crippen LogP contribution in [-0.2, 0) is 0 Å². The first-order chi connectivity index (χ1) is 15.9. The number of aryl methyl sites for hydroxylation is 2. The van der Waals surface area contributed by atoms with Crippen molar-refractivity contribution in [2.75, 3.05) is 30.8 Å². The van der Waals surface area contributed by atoms with E-state index in [2.05, 4.69) is 22.7 Å². The quantitative estimate of drug-likeness (QED) is 0.597. The summed E-state index contributed by atoms with van der Waals surface area (Å²) < 4.78 is 6.99. The van der Waals surface area contributed by atoms with E-state index in [9.17, 15) is 9.59 Å². The number of piperidine rings is 1. The molecule has 3 aromatic rings. The summed E-state index contributed by atoms with van der Waals surface area (Å²) in [5, 5.41) is 10.4. The number of urea groups is 1. The van der Waals surface area contributed by atoms with Crippen molar-refractivity contribution in [2.45, 2.75) is 32.7 Å². The van der Waals surface area contributed by atoms with Crippen LogP contribution >= 0.6 is 0 Å². The molecule has 1 aliphatic rings. The summed E-state index contributed by atoms with van der Waals surface area (Å²) in [4.78, 5) is 27.2. The van der Waals surface area contributed by atoms with Crippen molar-refractivity contribution >= 4 is 23.4 Å². The zero-order valence-electron chi connectivity index (χ0n) is 19.2. The largest absolute Gasteiger partial charge is 0.497 e. The van der Waals surface area contributed by atoms with Crippen molar-refractivity contribution in [2.24, 2.45) is 0 Å². The highest BCUT2D eigenvalue weighted by Gasteiger charge is 2.26. The lowest BCUT2D eigenvalue weighted by Gasteiger charge is -2.32. The van der Waals surface area contributed by atoms with Crippen LogP contribution in [0, 0.1) is 13.8 Å². The van der Waals surface area contributed by atoms with Crippen LogP contribution < -0.4 is 15.4 Å². The molecule has 0 bridgehead atoms. The Balaban J connectivity index is 1.34. The molecule has 0 saturated carbocycles. The molecule has 0 aliphatic carbocycles. The molecule has 8 nitrogen and oxygen atoms in total. The summed E-state index contributed by atoms with van der Waals surface area (Å²) in [7, 11) is 1.59. The van der Waals surface area contributed by atoms with Gasteiger partial charge < -0.3 is 20.3 Å². The fourth-order valence-corrected chi connectivity index (χ4v) is 3.97. The van der Waals surface area contributed by atoms with Crippen molar-refractivity contribution < 1.29 is 14.3 Å². The van der Waals surface area contributed by atoms with Gasteiger partial charge in [-0.2, -0.15) is 5.10 Å². The third kappa shape index (κ3) is 5.16. The van der Waals surface area contributed by atoms with E-state index in [4.69, 9.17) is 4.74 Å². The molecule has 1 saturated heterocycles. The van der Waals surface area contributed by atoms with E-state index in [1.165, 1.54) is 5.56 Å². The van der Waals surface area contributed by atoms with Gasteiger partial charge in [-0.1, -0.05) is 6.07 Å². The van der Waals surface area contributed by atoms with Crippen LogP contribution in [0.1, 0.15) is 40.4 Å². The van der Waals surface area contributed by atoms with E-state index in [1.807, 2.05) is 34.7 Å². The number of benzene rings is 2. The highest BCUT2D eigenvalue weighted by molar-refractivity contribution is 6.03. The second-order valence-electron chi connectivity index (χ2n) is 8.29. The number of aromatic nitrogens is 2. The molecule has 2 N–H and O–H groups in total. The molecule has 2 aromatic carbocycles. The molecule has 0 radical (unpaired) electrons. The maximum atomic E-state index is 12.7. The third-order valence-corrected chi connectivity index (χ3v) is 6.12. The fourth-order valence-electron chi connectivity index (χ4n) is 3.97. The van der Waals surface area contributed by atoms with Crippen LogP contribution in [0.25, 0.3) is 0 Å². The minimum Gasteiger partial charge on any atom is -0.497 e. The van der Waals surface area contributed by atoms with E-state index in [-0.39, 0.29) is 18.0 Å². The van der Waals surface area contributed by atoms with Gasteiger partial charge in [0.05, 0.1) is 19.3 Å². The number of methoxy groups -OCH3 is 1. The summed E-state index contributed by atoms with van der Waals surface area (Å²) in [5.74, 6) is 1.14. The highest BCUT2D eigenvalue weighted by atomic mass is 16.5. The SMILES string of the molecule is COc1ccc(C(=O)Nc2ccnn2C2CCN(C(=O)Nc3ccc(C)c(C)c3)CC2)cc1. The number of ether oxygens (including phenoxy) is 1. The van der Waals surface area contributed by atoms with Crippen molar-refractivity contribution in [3.8, 4) is 5.75 Å². The minimum absolute atomic E-state index is 0.0924. The zero-order valence-corrected chi connectivity index (χ0v) is 19.2. The van der Waals surface area contributed by atoms with Crippen LogP contribution in [0.2, 0.25) is 0 Å². The molecular formula is C25H29N5O3. The van der Waals surface area contributed by atoms with Gasteiger partial charge in [0.25, 0.3) is 5.91 Å². The lowest BCUT2D eigenvalue weighted by Crippen LogP contribution is -2.41. The van der Waals surface area contributed by atoms with Crippen LogP contribution in [0.4, 0.5) is 16.3 Å². The molecule has 0 unspecified atom stereocenters. The molecule has 2 heterocycles.